The average Bonchev–Trinajstić information content (AvgIpc) is 2.04. The van der Waals surface area contributed by atoms with E-state index in [1.54, 1.807) is 0 Å². The fourth-order valence-electron chi connectivity index (χ4n) is 1.46. The molecule has 0 aliphatic rings. The number of hydrogen-bond acceptors (Lipinski definition) is 1. The summed E-state index contributed by atoms with van der Waals surface area (Å²) in [6.45, 7) is 11.7. The quantitative estimate of drug-likeness (QED) is 0.635. The van der Waals surface area contributed by atoms with Crippen LogP contribution < -0.4 is 0 Å². The minimum Gasteiger partial charge on any atom is -0.156 e. The third kappa shape index (κ3) is 5.31. The molecule has 0 nitrogen and oxygen atoms in total. The van der Waals surface area contributed by atoms with Gasteiger partial charge in [-0.1, -0.05) is 50.5 Å². The van der Waals surface area contributed by atoms with Crippen LogP contribution in [0.5, 0.6) is 0 Å². The van der Waals surface area contributed by atoms with E-state index in [9.17, 15) is 0 Å². The SMILES string of the molecule is CCSC(C)(C)C(C)CC(C)CBr. The van der Waals surface area contributed by atoms with Crippen molar-refractivity contribution < 1.29 is 0 Å². The van der Waals surface area contributed by atoms with Crippen molar-refractivity contribution in [2.24, 2.45) is 11.8 Å². The summed E-state index contributed by atoms with van der Waals surface area (Å²) >= 11 is 5.62. The molecule has 0 saturated heterocycles. The molecule has 0 aromatic rings. The summed E-state index contributed by atoms with van der Waals surface area (Å²) < 4.78 is 0.436. The normalized spacial score (nSPS) is 17.1. The zero-order valence-electron chi connectivity index (χ0n) is 9.56. The molecule has 0 spiro atoms. The predicted octanol–water partition coefficient (Wildman–Crippen LogP) is 4.58. The van der Waals surface area contributed by atoms with Crippen molar-refractivity contribution in [2.45, 2.75) is 45.8 Å². The fraction of sp³-hybridized carbons (Fsp3) is 1.00. The molecule has 13 heavy (non-hydrogen) atoms. The van der Waals surface area contributed by atoms with Crippen LogP contribution in [0.2, 0.25) is 0 Å². The molecule has 0 bridgehead atoms. The third-order valence-corrected chi connectivity index (χ3v) is 5.26. The Morgan fingerprint density at radius 2 is 1.85 bits per heavy atom. The van der Waals surface area contributed by atoms with Gasteiger partial charge in [-0.05, 0) is 24.0 Å². The monoisotopic (exact) mass is 266 g/mol. The summed E-state index contributed by atoms with van der Waals surface area (Å²) in [5.74, 6) is 2.82. The molecule has 0 aliphatic heterocycles. The Bertz CT molecular complexity index is 134. The van der Waals surface area contributed by atoms with Crippen molar-refractivity contribution >= 4 is 27.7 Å². The third-order valence-electron chi connectivity index (χ3n) is 2.72. The largest absolute Gasteiger partial charge is 0.156 e. The number of halogens is 1. The van der Waals surface area contributed by atoms with E-state index in [-0.39, 0.29) is 0 Å². The van der Waals surface area contributed by atoms with Gasteiger partial charge in [0.2, 0.25) is 0 Å². The second kappa shape index (κ2) is 6.34. The van der Waals surface area contributed by atoms with Crippen molar-refractivity contribution in [1.82, 2.24) is 0 Å². The van der Waals surface area contributed by atoms with Gasteiger partial charge in [0.05, 0.1) is 0 Å². The van der Waals surface area contributed by atoms with Crippen molar-refractivity contribution in [2.75, 3.05) is 11.1 Å². The lowest BCUT2D eigenvalue weighted by atomic mass is 9.89. The highest BCUT2D eigenvalue weighted by molar-refractivity contribution is 9.09. The lowest BCUT2D eigenvalue weighted by molar-refractivity contribution is 0.377. The maximum Gasteiger partial charge on any atom is 0.0129 e. The van der Waals surface area contributed by atoms with E-state index in [1.807, 2.05) is 0 Å². The summed E-state index contributed by atoms with van der Waals surface area (Å²) in [7, 11) is 0. The summed E-state index contributed by atoms with van der Waals surface area (Å²) in [5, 5.41) is 1.13. The highest BCUT2D eigenvalue weighted by Crippen LogP contribution is 2.35. The van der Waals surface area contributed by atoms with Gasteiger partial charge in [0.25, 0.3) is 0 Å². The lowest BCUT2D eigenvalue weighted by Gasteiger charge is -2.32. The van der Waals surface area contributed by atoms with Crippen LogP contribution in [-0.2, 0) is 0 Å². The summed E-state index contributed by atoms with van der Waals surface area (Å²) in [6, 6.07) is 0. The molecule has 0 rings (SSSR count). The first-order chi connectivity index (χ1) is 5.94. The molecule has 0 radical (unpaired) electrons. The molecule has 2 unspecified atom stereocenters. The van der Waals surface area contributed by atoms with Crippen LogP contribution in [0.25, 0.3) is 0 Å². The Kier molecular flexibility index (Phi) is 6.74. The zero-order valence-corrected chi connectivity index (χ0v) is 12.0. The molecule has 0 heterocycles. The number of thioether (sulfide) groups is 1. The first kappa shape index (κ1) is 13.8. The standard InChI is InChI=1S/C11H23BrS/c1-6-13-11(4,5)10(3)7-9(2)8-12/h9-10H,6-8H2,1-5H3. The van der Waals surface area contributed by atoms with Gasteiger partial charge >= 0.3 is 0 Å². The first-order valence-electron chi connectivity index (χ1n) is 5.14. The highest BCUT2D eigenvalue weighted by atomic mass is 79.9. The minimum absolute atomic E-state index is 0.436. The molecule has 0 N–H and O–H groups in total. The van der Waals surface area contributed by atoms with E-state index in [4.69, 9.17) is 0 Å². The van der Waals surface area contributed by atoms with Crippen molar-refractivity contribution in [3.05, 3.63) is 0 Å². The van der Waals surface area contributed by atoms with Crippen molar-refractivity contribution in [3.8, 4) is 0 Å². The minimum atomic E-state index is 0.436. The van der Waals surface area contributed by atoms with E-state index < -0.39 is 0 Å². The lowest BCUT2D eigenvalue weighted by Crippen LogP contribution is -2.27. The number of alkyl halides is 1. The van der Waals surface area contributed by atoms with Gasteiger partial charge in [0.1, 0.15) is 0 Å². The molecule has 0 fully saturated rings. The Balaban J connectivity index is 3.99. The van der Waals surface area contributed by atoms with Gasteiger partial charge in [-0.3, -0.25) is 0 Å². The molecule has 2 atom stereocenters. The summed E-state index contributed by atoms with van der Waals surface area (Å²) in [6.07, 6.45) is 1.32. The van der Waals surface area contributed by atoms with E-state index in [1.165, 1.54) is 12.2 Å². The molecular weight excluding hydrogens is 244 g/mol. The zero-order chi connectivity index (χ0) is 10.5. The van der Waals surface area contributed by atoms with E-state index in [2.05, 4.69) is 62.3 Å². The molecule has 0 saturated carbocycles. The van der Waals surface area contributed by atoms with E-state index in [0.717, 1.165) is 17.2 Å². The molecule has 0 amide bonds. The molecule has 0 aliphatic carbocycles. The highest BCUT2D eigenvalue weighted by Gasteiger charge is 2.26. The smallest absolute Gasteiger partial charge is 0.0129 e. The Labute approximate surface area is 96.4 Å². The Hall–Kier alpha value is 0.830. The summed E-state index contributed by atoms with van der Waals surface area (Å²) in [5.41, 5.74) is 0. The molecule has 0 aromatic heterocycles. The Morgan fingerprint density at radius 3 is 2.23 bits per heavy atom. The van der Waals surface area contributed by atoms with Crippen LogP contribution >= 0.6 is 27.7 Å². The van der Waals surface area contributed by atoms with Gasteiger partial charge in [0.15, 0.2) is 0 Å². The maximum absolute atomic E-state index is 3.54. The Morgan fingerprint density at radius 1 is 1.31 bits per heavy atom. The second-order valence-corrected chi connectivity index (χ2v) is 7.00. The maximum atomic E-state index is 3.54. The average molecular weight is 267 g/mol. The van der Waals surface area contributed by atoms with E-state index >= 15 is 0 Å². The number of hydrogen-bond donors (Lipinski definition) is 0. The van der Waals surface area contributed by atoms with Crippen LogP contribution in [0, 0.1) is 11.8 Å². The van der Waals surface area contributed by atoms with Gasteiger partial charge in [-0.15, -0.1) is 0 Å². The van der Waals surface area contributed by atoms with E-state index in [0.29, 0.717) is 4.75 Å². The molecule has 0 aromatic carbocycles. The van der Waals surface area contributed by atoms with Crippen LogP contribution in [0.1, 0.15) is 41.0 Å². The first-order valence-corrected chi connectivity index (χ1v) is 7.24. The van der Waals surface area contributed by atoms with Crippen LogP contribution in [0.15, 0.2) is 0 Å². The summed E-state index contributed by atoms with van der Waals surface area (Å²) in [4.78, 5) is 0. The predicted molar refractivity (Wildman–Crippen MR) is 69.0 cm³/mol. The van der Waals surface area contributed by atoms with Gasteiger partial charge in [-0.2, -0.15) is 11.8 Å². The van der Waals surface area contributed by atoms with Crippen molar-refractivity contribution in [3.63, 3.8) is 0 Å². The molecular formula is C11H23BrS. The van der Waals surface area contributed by atoms with Gasteiger partial charge < -0.3 is 0 Å². The van der Waals surface area contributed by atoms with Crippen LogP contribution in [0.3, 0.4) is 0 Å². The topological polar surface area (TPSA) is 0 Å². The second-order valence-electron chi connectivity index (χ2n) is 4.43. The molecule has 2 heteroatoms. The van der Waals surface area contributed by atoms with Crippen LogP contribution in [0.4, 0.5) is 0 Å². The fourth-order valence-corrected chi connectivity index (χ4v) is 2.85. The van der Waals surface area contributed by atoms with Crippen molar-refractivity contribution in [1.29, 1.82) is 0 Å². The van der Waals surface area contributed by atoms with Gasteiger partial charge in [-0.25, -0.2) is 0 Å². The van der Waals surface area contributed by atoms with Gasteiger partial charge in [0, 0.05) is 10.1 Å². The molecule has 80 valence electrons. The number of rotatable bonds is 6. The van der Waals surface area contributed by atoms with Crippen LogP contribution in [-0.4, -0.2) is 15.8 Å².